The summed E-state index contributed by atoms with van der Waals surface area (Å²) in [6, 6.07) is 27.6. The number of fused-ring (bicyclic) bond motifs is 1. The van der Waals surface area contributed by atoms with Crippen molar-refractivity contribution in [2.75, 3.05) is 5.75 Å². The van der Waals surface area contributed by atoms with Gasteiger partial charge in [0.25, 0.3) is 0 Å². The lowest BCUT2D eigenvalue weighted by atomic mass is 10.0. The average Bonchev–Trinajstić information content (AvgIpc) is 3.53. The number of nitrogens with zero attached hydrogens (tertiary/aromatic N) is 4. The van der Waals surface area contributed by atoms with Gasteiger partial charge in [0.1, 0.15) is 11.6 Å². The highest BCUT2D eigenvalue weighted by molar-refractivity contribution is 7.99. The summed E-state index contributed by atoms with van der Waals surface area (Å²) in [7, 11) is 0. The molecule has 0 aliphatic rings. The van der Waals surface area contributed by atoms with Crippen molar-refractivity contribution in [1.82, 2.24) is 14.8 Å². The lowest BCUT2D eigenvalue weighted by Crippen LogP contribution is -2.01. The van der Waals surface area contributed by atoms with Crippen LogP contribution in [0.5, 0.6) is 0 Å². The molecule has 0 amide bonds. The van der Waals surface area contributed by atoms with E-state index in [0.717, 1.165) is 27.2 Å². The number of thioether (sulfide) groups is 1. The molecule has 5 aromatic rings. The number of aromatic nitrogens is 3. The molecule has 2 aromatic heterocycles. The van der Waals surface area contributed by atoms with Crippen molar-refractivity contribution in [2.45, 2.75) is 11.8 Å². The lowest BCUT2D eigenvalue weighted by Gasteiger charge is -2.03. The van der Waals surface area contributed by atoms with Gasteiger partial charge >= 0.3 is 0 Å². The van der Waals surface area contributed by atoms with E-state index in [4.69, 9.17) is 5.10 Å². The van der Waals surface area contributed by atoms with Crippen LogP contribution in [0.3, 0.4) is 0 Å². The number of carbonyl (C=O) groups excluding carboxylic acids is 1. The maximum Gasteiger partial charge on any atom is 0.232 e. The Labute approximate surface area is 211 Å². The molecule has 0 N–H and O–H groups in total. The van der Waals surface area contributed by atoms with Gasteiger partial charge in [-0.15, -0.1) is 23.1 Å². The molecule has 0 saturated heterocycles. The molecular weight excluding hydrogens is 472 g/mol. The predicted octanol–water partition coefficient (Wildman–Crippen LogP) is 7.05. The molecule has 0 aliphatic heterocycles. The fourth-order valence-corrected chi connectivity index (χ4v) is 5.28. The number of para-hydroxylation sites is 2. The zero-order chi connectivity index (χ0) is 24.2. The van der Waals surface area contributed by atoms with E-state index in [9.17, 15) is 10.1 Å². The molecule has 7 heteroatoms. The highest BCUT2D eigenvalue weighted by atomic mass is 32.2. The number of hydrogen-bond donors (Lipinski definition) is 0. The van der Waals surface area contributed by atoms with Crippen molar-refractivity contribution in [1.29, 1.82) is 5.26 Å². The van der Waals surface area contributed by atoms with Crippen LogP contribution >= 0.6 is 23.1 Å². The van der Waals surface area contributed by atoms with Crippen LogP contribution in [0, 0.1) is 11.3 Å². The molecular formula is C28H20N4OS2. The van der Waals surface area contributed by atoms with E-state index in [2.05, 4.69) is 30.1 Å². The van der Waals surface area contributed by atoms with Gasteiger partial charge in [-0.2, -0.15) is 10.4 Å². The molecule has 0 bridgehead atoms. The average molecular weight is 493 g/mol. The molecule has 5 rings (SSSR count). The minimum atomic E-state index is -0.387. The first-order valence-corrected chi connectivity index (χ1v) is 12.9. The molecule has 0 radical (unpaired) electrons. The van der Waals surface area contributed by atoms with Crippen LogP contribution in [0.4, 0.5) is 0 Å². The fraction of sp³-hybridized carbons (Fsp3) is 0.0714. The summed E-state index contributed by atoms with van der Waals surface area (Å²) in [5, 5.41) is 15.0. The van der Waals surface area contributed by atoms with E-state index in [0.29, 0.717) is 16.3 Å². The van der Waals surface area contributed by atoms with Gasteiger partial charge < -0.3 is 0 Å². The van der Waals surface area contributed by atoms with E-state index in [-0.39, 0.29) is 11.4 Å². The number of carbonyl (C=O) groups is 1. The van der Waals surface area contributed by atoms with Gasteiger partial charge in [0.2, 0.25) is 5.78 Å². The van der Waals surface area contributed by atoms with Crippen molar-refractivity contribution in [3.8, 4) is 23.0 Å². The number of nitriles is 1. The Balaban J connectivity index is 1.59. The summed E-state index contributed by atoms with van der Waals surface area (Å²) in [5.74, 6) is 0.608. The van der Waals surface area contributed by atoms with Crippen LogP contribution < -0.4 is 0 Å². The third-order valence-corrected chi connectivity index (χ3v) is 7.28. The highest BCUT2D eigenvalue weighted by Gasteiger charge is 2.19. The van der Waals surface area contributed by atoms with Gasteiger partial charge in [0.05, 0.1) is 21.6 Å². The first kappa shape index (κ1) is 22.8. The Kier molecular flexibility index (Phi) is 6.57. The van der Waals surface area contributed by atoms with Crippen molar-refractivity contribution < 1.29 is 4.79 Å². The zero-order valence-corrected chi connectivity index (χ0v) is 20.5. The van der Waals surface area contributed by atoms with Gasteiger partial charge in [-0.05, 0) is 48.2 Å². The van der Waals surface area contributed by atoms with Gasteiger partial charge in [0.15, 0.2) is 5.01 Å². The van der Waals surface area contributed by atoms with Crippen molar-refractivity contribution in [3.63, 3.8) is 0 Å². The van der Waals surface area contributed by atoms with Crippen LogP contribution in [0.25, 0.3) is 33.2 Å². The monoisotopic (exact) mass is 492 g/mol. The molecule has 0 atom stereocenters. The van der Waals surface area contributed by atoms with Crippen LogP contribution in [0.15, 0.2) is 95.5 Å². The number of hydrogen-bond acceptors (Lipinski definition) is 6. The van der Waals surface area contributed by atoms with Gasteiger partial charge in [0, 0.05) is 22.2 Å². The molecule has 35 heavy (non-hydrogen) atoms. The number of ketones is 1. The topological polar surface area (TPSA) is 71.6 Å². The number of rotatable bonds is 7. The van der Waals surface area contributed by atoms with Gasteiger partial charge in [-0.1, -0.05) is 49.4 Å². The lowest BCUT2D eigenvalue weighted by molar-refractivity contribution is 0.104. The molecule has 2 heterocycles. The van der Waals surface area contributed by atoms with Crippen molar-refractivity contribution in [3.05, 3.63) is 101 Å². The quantitative estimate of drug-likeness (QED) is 0.105. The number of benzene rings is 3. The van der Waals surface area contributed by atoms with Crippen molar-refractivity contribution >= 4 is 45.2 Å². The Morgan fingerprint density at radius 2 is 1.80 bits per heavy atom. The van der Waals surface area contributed by atoms with E-state index in [1.165, 1.54) is 16.2 Å². The second-order valence-electron chi connectivity index (χ2n) is 7.66. The maximum atomic E-state index is 13.2. The largest absolute Gasteiger partial charge is 0.285 e. The highest BCUT2D eigenvalue weighted by Crippen LogP contribution is 2.29. The minimum Gasteiger partial charge on any atom is -0.285 e. The second kappa shape index (κ2) is 10.1. The van der Waals surface area contributed by atoms with E-state index in [1.54, 1.807) is 22.5 Å². The molecule has 0 aliphatic carbocycles. The molecule has 0 unspecified atom stereocenters. The Bertz CT molecular complexity index is 1540. The first-order chi connectivity index (χ1) is 17.2. The van der Waals surface area contributed by atoms with Crippen LogP contribution in [0.1, 0.15) is 22.3 Å². The van der Waals surface area contributed by atoms with Crippen LogP contribution in [0.2, 0.25) is 0 Å². The summed E-state index contributed by atoms with van der Waals surface area (Å²) in [6.07, 6.45) is 3.47. The first-order valence-electron chi connectivity index (χ1n) is 11.1. The normalized spacial score (nSPS) is 11.5. The third kappa shape index (κ3) is 4.80. The molecule has 0 fully saturated rings. The van der Waals surface area contributed by atoms with E-state index >= 15 is 0 Å². The third-order valence-electron chi connectivity index (χ3n) is 5.36. The SMILES string of the molecule is CCSc1ccc(-c2nn(-c3ccccc3)cc2/C=C(/C#N)C(=O)c2nc3ccccc3s2)cc1. The standard InChI is InChI=1S/C28H20N4OS2/c1-2-34-23-14-12-19(13-15-23)26-21(18-32(31-26)22-8-4-3-5-9-22)16-20(17-29)27(33)28-30-24-10-6-7-11-25(24)35-28/h3-16,18H,2H2,1H3/b20-16-. The fourth-order valence-electron chi connectivity index (χ4n) is 3.69. The molecule has 170 valence electrons. The van der Waals surface area contributed by atoms with E-state index in [1.807, 2.05) is 72.9 Å². The van der Waals surface area contributed by atoms with Crippen LogP contribution in [-0.2, 0) is 0 Å². The smallest absolute Gasteiger partial charge is 0.232 e. The summed E-state index contributed by atoms with van der Waals surface area (Å²) in [4.78, 5) is 18.8. The number of Topliss-reactive ketones (excluding diaryl/α,β-unsaturated/α-hetero) is 1. The molecule has 0 saturated carbocycles. The predicted molar refractivity (Wildman–Crippen MR) is 143 cm³/mol. The maximum absolute atomic E-state index is 13.2. The van der Waals surface area contributed by atoms with Gasteiger partial charge in [-0.3, -0.25) is 4.79 Å². The number of allylic oxidation sites excluding steroid dienone is 1. The summed E-state index contributed by atoms with van der Waals surface area (Å²) in [6.45, 7) is 2.12. The zero-order valence-electron chi connectivity index (χ0n) is 18.9. The summed E-state index contributed by atoms with van der Waals surface area (Å²) >= 11 is 3.06. The van der Waals surface area contributed by atoms with Gasteiger partial charge in [-0.25, -0.2) is 9.67 Å². The Morgan fingerprint density at radius 3 is 2.51 bits per heavy atom. The van der Waals surface area contributed by atoms with Crippen molar-refractivity contribution in [2.24, 2.45) is 0 Å². The Hall–Kier alpha value is -3.99. The van der Waals surface area contributed by atoms with E-state index < -0.39 is 0 Å². The second-order valence-corrected chi connectivity index (χ2v) is 10.0. The summed E-state index contributed by atoms with van der Waals surface area (Å²) in [5.41, 5.74) is 3.97. The molecule has 3 aromatic carbocycles. The molecule has 0 spiro atoms. The minimum absolute atomic E-state index is 0.0241. The summed E-state index contributed by atoms with van der Waals surface area (Å²) < 4.78 is 2.68. The molecule has 5 nitrogen and oxygen atoms in total. The Morgan fingerprint density at radius 1 is 1.06 bits per heavy atom. The number of thiazole rings is 1. The van der Waals surface area contributed by atoms with Crippen LogP contribution in [-0.4, -0.2) is 26.3 Å².